The minimum Gasteiger partial charge on any atom is -0.485 e. The highest BCUT2D eigenvalue weighted by atomic mass is 16.8. The molecule has 242 valence electrons. The average molecular weight is 600 g/mol. The maximum absolute atomic E-state index is 12.4. The number of hydrogen-bond donors (Lipinski definition) is 1. The van der Waals surface area contributed by atoms with E-state index in [0.29, 0.717) is 12.4 Å². The van der Waals surface area contributed by atoms with Gasteiger partial charge < -0.3 is 24.1 Å². The lowest BCUT2D eigenvalue weighted by Crippen LogP contribution is -2.73. The highest BCUT2D eigenvalue weighted by molar-refractivity contribution is 5.59. The van der Waals surface area contributed by atoms with Crippen molar-refractivity contribution in [3.63, 3.8) is 0 Å². The van der Waals surface area contributed by atoms with Crippen molar-refractivity contribution in [3.8, 4) is 0 Å². The van der Waals surface area contributed by atoms with Crippen LogP contribution in [0.2, 0.25) is 0 Å². The van der Waals surface area contributed by atoms with Crippen LogP contribution in [0.3, 0.4) is 0 Å². The summed E-state index contributed by atoms with van der Waals surface area (Å²) >= 11 is 0. The number of unbranched alkanes of at least 4 members (excludes halogenated alkanes) is 9. The summed E-state index contributed by atoms with van der Waals surface area (Å²) in [6.07, 6.45) is 20.7. The molecule has 7 heteroatoms. The normalized spacial score (nSPS) is 32.7. The minimum atomic E-state index is -0.920. The zero-order valence-electron chi connectivity index (χ0n) is 27.1. The quantitative estimate of drug-likeness (QED) is 0.0739. The maximum atomic E-state index is 12.4. The Labute approximate surface area is 260 Å². The lowest BCUT2D eigenvalue weighted by molar-refractivity contribution is -0.218. The molecule has 2 bridgehead atoms. The second-order valence-corrected chi connectivity index (χ2v) is 14.1. The standard InChI is InChI=1S/C36H57NO6/c1-5-7-8-9-10-11-12-13-14-15-22-40-34(38)42-25-41-29-19-18-28-23-30-35(4,39)36(20-21-37(30)24-27-16-17-27)31(28)32(29)43-33(36)26(3)6-2/h18-19,27-28,30-31,33,39H,3,5-17,20-25H2,1-2,4H3/t28?,30?,31?,33-,35+,36-/m0/s1. The van der Waals surface area contributed by atoms with Gasteiger partial charge in [-0.05, 0) is 75.5 Å². The predicted octanol–water partition coefficient (Wildman–Crippen LogP) is 8.04. The molecule has 5 rings (SSSR count). The van der Waals surface area contributed by atoms with E-state index in [9.17, 15) is 9.90 Å². The van der Waals surface area contributed by atoms with Gasteiger partial charge in [-0.15, -0.1) is 0 Å². The Morgan fingerprint density at radius 2 is 1.77 bits per heavy atom. The Hall–Kier alpha value is -1.99. The number of allylic oxidation sites excluding steroid dienone is 3. The number of aliphatic hydroxyl groups is 1. The zero-order valence-corrected chi connectivity index (χ0v) is 27.1. The molecule has 3 aliphatic carbocycles. The van der Waals surface area contributed by atoms with Crippen LogP contribution in [0.4, 0.5) is 4.79 Å². The van der Waals surface area contributed by atoms with E-state index in [1.54, 1.807) is 0 Å². The van der Waals surface area contributed by atoms with Crippen molar-refractivity contribution in [2.75, 3.05) is 26.5 Å². The monoisotopic (exact) mass is 599 g/mol. The Morgan fingerprint density at radius 3 is 2.44 bits per heavy atom. The second-order valence-electron chi connectivity index (χ2n) is 14.1. The van der Waals surface area contributed by atoms with E-state index in [1.807, 2.05) is 13.0 Å². The van der Waals surface area contributed by atoms with E-state index in [0.717, 1.165) is 62.4 Å². The molecule has 2 aliphatic heterocycles. The van der Waals surface area contributed by atoms with Crippen molar-refractivity contribution >= 4 is 6.16 Å². The molecule has 2 saturated carbocycles. The van der Waals surface area contributed by atoms with Crippen LogP contribution >= 0.6 is 0 Å². The Bertz CT molecular complexity index is 1030. The number of carbonyl (C=O) groups is 1. The van der Waals surface area contributed by atoms with Gasteiger partial charge in [-0.1, -0.05) is 84.3 Å². The Morgan fingerprint density at radius 1 is 1.07 bits per heavy atom. The van der Waals surface area contributed by atoms with Crippen LogP contribution in [0, 0.1) is 23.2 Å². The molecule has 3 unspecified atom stereocenters. The van der Waals surface area contributed by atoms with E-state index < -0.39 is 17.2 Å². The number of nitrogens with zero attached hydrogens (tertiary/aromatic N) is 1. The van der Waals surface area contributed by atoms with Gasteiger partial charge in [0.05, 0.1) is 17.6 Å². The van der Waals surface area contributed by atoms with Gasteiger partial charge in [0, 0.05) is 18.5 Å². The van der Waals surface area contributed by atoms with Crippen molar-refractivity contribution in [3.05, 3.63) is 35.8 Å². The van der Waals surface area contributed by atoms with Crippen LogP contribution in [0.15, 0.2) is 35.8 Å². The number of fused-ring (bicyclic) bond motifs is 1. The van der Waals surface area contributed by atoms with Gasteiger partial charge in [-0.2, -0.15) is 0 Å². The largest absolute Gasteiger partial charge is 0.511 e. The molecule has 6 atom stereocenters. The highest BCUT2D eigenvalue weighted by Crippen LogP contribution is 2.67. The second kappa shape index (κ2) is 14.4. The van der Waals surface area contributed by atoms with E-state index >= 15 is 0 Å². The summed E-state index contributed by atoms with van der Waals surface area (Å²) in [5.41, 5.74) is -0.364. The summed E-state index contributed by atoms with van der Waals surface area (Å²) in [5.74, 6) is 2.42. The third kappa shape index (κ3) is 6.83. The van der Waals surface area contributed by atoms with E-state index in [2.05, 4.69) is 31.4 Å². The fraction of sp³-hybridized carbons (Fsp3) is 0.806. The number of carbonyl (C=O) groups excluding carboxylic acids is 1. The average Bonchev–Trinajstić information content (AvgIpc) is 3.73. The third-order valence-corrected chi connectivity index (χ3v) is 11.2. The Balaban J connectivity index is 1.12. The first-order valence-electron chi connectivity index (χ1n) is 17.5. The Kier molecular flexibility index (Phi) is 10.9. The van der Waals surface area contributed by atoms with Gasteiger partial charge in [0.1, 0.15) is 11.9 Å². The molecular formula is C36H57NO6. The molecule has 5 aliphatic rings. The fourth-order valence-electron chi connectivity index (χ4n) is 8.55. The smallest absolute Gasteiger partial charge is 0.485 e. The molecule has 7 nitrogen and oxygen atoms in total. The summed E-state index contributed by atoms with van der Waals surface area (Å²) in [5, 5.41) is 12.4. The van der Waals surface area contributed by atoms with Gasteiger partial charge in [0.25, 0.3) is 0 Å². The molecule has 2 saturated heterocycles. The molecule has 0 radical (unpaired) electrons. The lowest BCUT2D eigenvalue weighted by Gasteiger charge is -2.63. The molecular weight excluding hydrogens is 542 g/mol. The van der Waals surface area contributed by atoms with Crippen LogP contribution < -0.4 is 0 Å². The molecule has 0 amide bonds. The van der Waals surface area contributed by atoms with Gasteiger partial charge in [-0.25, -0.2) is 4.79 Å². The molecule has 1 spiro atoms. The number of piperidine rings is 1. The van der Waals surface area contributed by atoms with E-state index in [1.165, 1.54) is 64.2 Å². The third-order valence-electron chi connectivity index (χ3n) is 11.2. The van der Waals surface area contributed by atoms with Gasteiger partial charge in [0.15, 0.2) is 5.76 Å². The van der Waals surface area contributed by atoms with Crippen LogP contribution in [-0.2, 0) is 18.9 Å². The number of hydrogen-bond acceptors (Lipinski definition) is 7. The maximum Gasteiger partial charge on any atom is 0.511 e. The first-order valence-corrected chi connectivity index (χ1v) is 17.5. The predicted molar refractivity (Wildman–Crippen MR) is 168 cm³/mol. The van der Waals surface area contributed by atoms with Crippen LogP contribution in [0.5, 0.6) is 0 Å². The van der Waals surface area contributed by atoms with Crippen molar-refractivity contribution in [1.82, 2.24) is 4.90 Å². The first-order chi connectivity index (χ1) is 20.8. The summed E-state index contributed by atoms with van der Waals surface area (Å²) in [6.45, 7) is 13.0. The summed E-state index contributed by atoms with van der Waals surface area (Å²) in [7, 11) is 0. The van der Waals surface area contributed by atoms with Gasteiger partial charge >= 0.3 is 6.16 Å². The molecule has 0 aromatic rings. The van der Waals surface area contributed by atoms with Crippen LogP contribution in [0.1, 0.15) is 117 Å². The lowest BCUT2D eigenvalue weighted by atomic mass is 9.47. The van der Waals surface area contributed by atoms with Crippen molar-refractivity contribution in [2.45, 2.75) is 135 Å². The number of rotatable bonds is 18. The van der Waals surface area contributed by atoms with Crippen molar-refractivity contribution in [1.29, 1.82) is 0 Å². The fourth-order valence-corrected chi connectivity index (χ4v) is 8.55. The van der Waals surface area contributed by atoms with E-state index in [-0.39, 0.29) is 30.8 Å². The minimum absolute atomic E-state index is 0.0124. The highest BCUT2D eigenvalue weighted by Gasteiger charge is 2.73. The summed E-state index contributed by atoms with van der Waals surface area (Å²) in [4.78, 5) is 14.8. The molecule has 0 aromatic heterocycles. The van der Waals surface area contributed by atoms with Gasteiger partial charge in [0.2, 0.25) is 6.79 Å². The summed E-state index contributed by atoms with van der Waals surface area (Å²) in [6, 6.07) is 0.0963. The molecule has 4 fully saturated rings. The summed E-state index contributed by atoms with van der Waals surface area (Å²) < 4.78 is 23.3. The van der Waals surface area contributed by atoms with Crippen LogP contribution in [-0.4, -0.2) is 60.4 Å². The van der Waals surface area contributed by atoms with Crippen LogP contribution in [0.25, 0.3) is 0 Å². The molecule has 43 heavy (non-hydrogen) atoms. The number of ether oxygens (including phenoxy) is 4. The van der Waals surface area contributed by atoms with E-state index in [4.69, 9.17) is 18.9 Å². The van der Waals surface area contributed by atoms with Crippen molar-refractivity contribution in [2.24, 2.45) is 23.2 Å². The van der Waals surface area contributed by atoms with Crippen molar-refractivity contribution < 1.29 is 28.8 Å². The zero-order chi connectivity index (χ0) is 30.5. The molecule has 1 N–H and O–H groups in total. The number of likely N-dealkylation sites (tertiary alicyclic amines) is 1. The first kappa shape index (κ1) is 32.4. The van der Waals surface area contributed by atoms with Gasteiger partial charge in [-0.3, -0.25) is 4.90 Å². The SMILES string of the molecule is C=C(CC)[C@@H]1OC2=C(OCOC(=O)OCCCCCCCCCCCC)C=CC3CC4N(CC5CC5)CC[C@@]1(C23)[C@]4(C)O. The molecule has 2 heterocycles. The molecule has 0 aromatic carbocycles. The topological polar surface area (TPSA) is 77.5 Å².